The lowest BCUT2D eigenvalue weighted by Crippen LogP contribution is -1.99. The summed E-state index contributed by atoms with van der Waals surface area (Å²) in [5.41, 5.74) is 4.29. The summed E-state index contributed by atoms with van der Waals surface area (Å²) >= 11 is 9.05. The number of ether oxygens (including phenoxy) is 1. The van der Waals surface area contributed by atoms with Crippen molar-refractivity contribution in [2.75, 3.05) is 7.11 Å². The van der Waals surface area contributed by atoms with E-state index in [0.717, 1.165) is 33.4 Å². The average molecular weight is 363 g/mol. The SMILES string of the molecule is CCc1cc(Br)ccc1-n1c(=S)[nH]c2c(OC)cccc21. The van der Waals surface area contributed by atoms with E-state index >= 15 is 0 Å². The predicted octanol–water partition coefficient (Wildman–Crippen LogP) is 5.02. The average Bonchev–Trinajstić information content (AvgIpc) is 2.83. The molecule has 0 bridgehead atoms. The molecule has 0 saturated heterocycles. The molecule has 0 aliphatic heterocycles. The quantitative estimate of drug-likeness (QED) is 0.662. The number of rotatable bonds is 3. The zero-order valence-corrected chi connectivity index (χ0v) is 14.2. The van der Waals surface area contributed by atoms with Gasteiger partial charge in [0.05, 0.1) is 18.3 Å². The molecule has 0 amide bonds. The monoisotopic (exact) mass is 362 g/mol. The molecule has 0 fully saturated rings. The normalized spacial score (nSPS) is 11.0. The highest BCUT2D eigenvalue weighted by molar-refractivity contribution is 9.10. The summed E-state index contributed by atoms with van der Waals surface area (Å²) in [7, 11) is 1.67. The Hall–Kier alpha value is -1.59. The van der Waals surface area contributed by atoms with Crippen molar-refractivity contribution in [3.63, 3.8) is 0 Å². The summed E-state index contributed by atoms with van der Waals surface area (Å²) in [6.45, 7) is 2.14. The molecule has 0 aliphatic rings. The minimum absolute atomic E-state index is 0.673. The molecule has 21 heavy (non-hydrogen) atoms. The fraction of sp³-hybridized carbons (Fsp3) is 0.188. The number of halogens is 1. The van der Waals surface area contributed by atoms with Crippen LogP contribution in [0.3, 0.4) is 0 Å². The second-order valence-electron chi connectivity index (χ2n) is 4.75. The fourth-order valence-electron chi connectivity index (χ4n) is 2.57. The number of imidazole rings is 1. The maximum absolute atomic E-state index is 5.52. The van der Waals surface area contributed by atoms with Crippen molar-refractivity contribution in [1.29, 1.82) is 0 Å². The molecule has 0 spiro atoms. The number of aryl methyl sites for hydroxylation is 1. The number of H-pyrrole nitrogens is 1. The molecule has 5 heteroatoms. The van der Waals surface area contributed by atoms with Gasteiger partial charge in [-0.15, -0.1) is 0 Å². The maximum atomic E-state index is 5.52. The van der Waals surface area contributed by atoms with E-state index < -0.39 is 0 Å². The van der Waals surface area contributed by atoms with Crippen LogP contribution in [0.25, 0.3) is 16.7 Å². The van der Waals surface area contributed by atoms with Gasteiger partial charge in [0.1, 0.15) is 11.3 Å². The van der Waals surface area contributed by atoms with Gasteiger partial charge >= 0.3 is 0 Å². The van der Waals surface area contributed by atoms with E-state index in [2.05, 4.69) is 44.5 Å². The van der Waals surface area contributed by atoms with E-state index in [1.165, 1.54) is 5.56 Å². The van der Waals surface area contributed by atoms with E-state index in [0.29, 0.717) is 4.77 Å². The van der Waals surface area contributed by atoms with Gasteiger partial charge in [0.2, 0.25) is 0 Å². The molecule has 1 N–H and O–H groups in total. The third kappa shape index (κ3) is 2.40. The van der Waals surface area contributed by atoms with Gasteiger partial charge in [-0.3, -0.25) is 4.57 Å². The Morgan fingerprint density at radius 1 is 1.29 bits per heavy atom. The van der Waals surface area contributed by atoms with E-state index in [9.17, 15) is 0 Å². The molecule has 1 aromatic heterocycles. The number of para-hydroxylation sites is 1. The highest BCUT2D eigenvalue weighted by atomic mass is 79.9. The lowest BCUT2D eigenvalue weighted by Gasteiger charge is -2.11. The number of aromatic nitrogens is 2. The first-order valence-corrected chi connectivity index (χ1v) is 7.92. The first-order valence-electron chi connectivity index (χ1n) is 6.72. The molecule has 2 aromatic carbocycles. The molecule has 0 aliphatic carbocycles. The number of fused-ring (bicyclic) bond motifs is 1. The number of hydrogen-bond acceptors (Lipinski definition) is 2. The van der Waals surface area contributed by atoms with Gasteiger partial charge in [-0.05, 0) is 54.5 Å². The molecule has 3 aromatic rings. The van der Waals surface area contributed by atoms with Crippen LogP contribution in [0.1, 0.15) is 12.5 Å². The van der Waals surface area contributed by atoms with Crippen LogP contribution < -0.4 is 4.74 Å². The van der Waals surface area contributed by atoms with Gasteiger partial charge < -0.3 is 9.72 Å². The molecule has 0 unspecified atom stereocenters. The third-order valence-corrected chi connectivity index (χ3v) is 4.34. The second kappa shape index (κ2) is 5.66. The zero-order valence-electron chi connectivity index (χ0n) is 11.8. The van der Waals surface area contributed by atoms with Crippen molar-refractivity contribution in [3.05, 3.63) is 51.2 Å². The minimum Gasteiger partial charge on any atom is -0.494 e. The molecule has 0 radical (unpaired) electrons. The van der Waals surface area contributed by atoms with Crippen LogP contribution in [-0.2, 0) is 6.42 Å². The van der Waals surface area contributed by atoms with Gasteiger partial charge in [0, 0.05) is 4.47 Å². The van der Waals surface area contributed by atoms with Crippen LogP contribution in [0.15, 0.2) is 40.9 Å². The smallest absolute Gasteiger partial charge is 0.182 e. The molecule has 0 atom stereocenters. The summed E-state index contributed by atoms with van der Waals surface area (Å²) in [4.78, 5) is 3.25. The van der Waals surface area contributed by atoms with Crippen LogP contribution in [0.2, 0.25) is 0 Å². The molecular weight excluding hydrogens is 348 g/mol. The fourth-order valence-corrected chi connectivity index (χ4v) is 3.28. The van der Waals surface area contributed by atoms with Gasteiger partial charge in [-0.25, -0.2) is 0 Å². The number of methoxy groups -OCH3 is 1. The van der Waals surface area contributed by atoms with Crippen LogP contribution in [-0.4, -0.2) is 16.7 Å². The first kappa shape index (κ1) is 14.4. The highest BCUT2D eigenvalue weighted by Crippen LogP contribution is 2.29. The Bertz CT molecular complexity index is 866. The summed E-state index contributed by atoms with van der Waals surface area (Å²) < 4.78 is 9.23. The van der Waals surface area contributed by atoms with Crippen molar-refractivity contribution in [1.82, 2.24) is 9.55 Å². The number of nitrogens with zero attached hydrogens (tertiary/aromatic N) is 1. The minimum atomic E-state index is 0.673. The van der Waals surface area contributed by atoms with E-state index in [1.807, 2.05) is 24.3 Å². The van der Waals surface area contributed by atoms with Crippen LogP contribution in [0.4, 0.5) is 0 Å². The lowest BCUT2D eigenvalue weighted by molar-refractivity contribution is 0.419. The van der Waals surface area contributed by atoms with Crippen LogP contribution in [0, 0.1) is 4.77 Å². The van der Waals surface area contributed by atoms with Gasteiger partial charge in [-0.1, -0.05) is 28.9 Å². The Balaban J connectivity index is 2.36. The van der Waals surface area contributed by atoms with Crippen molar-refractivity contribution in [2.45, 2.75) is 13.3 Å². The number of aromatic amines is 1. The molecule has 3 rings (SSSR count). The van der Waals surface area contributed by atoms with Crippen molar-refractivity contribution in [2.24, 2.45) is 0 Å². The molecule has 1 heterocycles. The molecule has 108 valence electrons. The van der Waals surface area contributed by atoms with Crippen LogP contribution in [0.5, 0.6) is 5.75 Å². The lowest BCUT2D eigenvalue weighted by atomic mass is 10.1. The topological polar surface area (TPSA) is 29.9 Å². The Morgan fingerprint density at radius 3 is 2.81 bits per heavy atom. The highest BCUT2D eigenvalue weighted by Gasteiger charge is 2.12. The second-order valence-corrected chi connectivity index (χ2v) is 6.05. The largest absolute Gasteiger partial charge is 0.494 e. The van der Waals surface area contributed by atoms with E-state index in [1.54, 1.807) is 7.11 Å². The van der Waals surface area contributed by atoms with Crippen LogP contribution >= 0.6 is 28.1 Å². The predicted molar refractivity (Wildman–Crippen MR) is 92.1 cm³/mol. The summed E-state index contributed by atoms with van der Waals surface area (Å²) in [5, 5.41) is 0. The summed E-state index contributed by atoms with van der Waals surface area (Å²) in [5.74, 6) is 0.799. The van der Waals surface area contributed by atoms with Crippen molar-refractivity contribution < 1.29 is 4.74 Å². The number of benzene rings is 2. The summed E-state index contributed by atoms with van der Waals surface area (Å²) in [6.07, 6.45) is 0.938. The van der Waals surface area contributed by atoms with E-state index in [4.69, 9.17) is 17.0 Å². The zero-order chi connectivity index (χ0) is 15.0. The first-order chi connectivity index (χ1) is 10.2. The Labute approximate surface area is 136 Å². The van der Waals surface area contributed by atoms with E-state index in [-0.39, 0.29) is 0 Å². The molecular formula is C16H15BrN2OS. The van der Waals surface area contributed by atoms with Gasteiger partial charge in [0.15, 0.2) is 4.77 Å². The standard InChI is InChI=1S/C16H15BrN2OS/c1-3-10-9-11(17)7-8-12(10)19-13-5-4-6-14(20-2)15(13)18-16(19)21/h4-9H,3H2,1-2H3,(H,18,21). The summed E-state index contributed by atoms with van der Waals surface area (Å²) in [6, 6.07) is 12.2. The van der Waals surface area contributed by atoms with Crippen molar-refractivity contribution >= 4 is 39.2 Å². The van der Waals surface area contributed by atoms with Crippen molar-refractivity contribution in [3.8, 4) is 11.4 Å². The molecule has 0 saturated carbocycles. The number of nitrogens with one attached hydrogen (secondary N) is 1. The Kier molecular flexibility index (Phi) is 3.87. The number of hydrogen-bond donors (Lipinski definition) is 1. The van der Waals surface area contributed by atoms with Gasteiger partial charge in [0.25, 0.3) is 0 Å². The van der Waals surface area contributed by atoms with Gasteiger partial charge in [-0.2, -0.15) is 0 Å². The Morgan fingerprint density at radius 2 is 2.10 bits per heavy atom. The molecule has 3 nitrogen and oxygen atoms in total. The maximum Gasteiger partial charge on any atom is 0.182 e. The third-order valence-electron chi connectivity index (χ3n) is 3.56.